The van der Waals surface area contributed by atoms with Gasteiger partial charge in [-0.15, -0.1) is 0 Å². The second-order valence-electron chi connectivity index (χ2n) is 12.3. The minimum atomic E-state index is 0.499. The summed E-state index contributed by atoms with van der Waals surface area (Å²) in [6, 6.07) is 38.7. The molecule has 0 saturated carbocycles. The third kappa shape index (κ3) is 3.93. The molecule has 0 unspecified atom stereocenters. The van der Waals surface area contributed by atoms with E-state index < -0.39 is 0 Å². The van der Waals surface area contributed by atoms with Crippen molar-refractivity contribution >= 4 is 76.6 Å². The van der Waals surface area contributed by atoms with Crippen molar-refractivity contribution in [1.29, 1.82) is 0 Å². The Morgan fingerprint density at radius 3 is 1.68 bits per heavy atom. The number of pyridine rings is 3. The molecule has 0 spiro atoms. The second kappa shape index (κ2) is 10.2. The van der Waals surface area contributed by atoms with Gasteiger partial charge < -0.3 is 8.83 Å². The highest BCUT2D eigenvalue weighted by Gasteiger charge is 2.21. The fourth-order valence-electron chi connectivity index (χ4n) is 7.24. The van der Waals surface area contributed by atoms with Gasteiger partial charge in [-0.25, -0.2) is 24.9 Å². The van der Waals surface area contributed by atoms with Gasteiger partial charge in [0.1, 0.15) is 11.2 Å². The van der Waals surface area contributed by atoms with Crippen LogP contribution in [0, 0.1) is 0 Å². The first-order valence-corrected chi connectivity index (χ1v) is 16.3. The largest absolute Gasteiger partial charge is 0.438 e. The van der Waals surface area contributed by atoms with Crippen LogP contribution in [0.25, 0.3) is 111 Å². The highest BCUT2D eigenvalue weighted by molar-refractivity contribution is 6.19. The van der Waals surface area contributed by atoms with E-state index in [1.165, 1.54) is 16.2 Å². The Balaban J connectivity index is 1.19. The van der Waals surface area contributed by atoms with Crippen molar-refractivity contribution in [2.24, 2.45) is 0 Å². The minimum Gasteiger partial charge on any atom is -0.438 e. The van der Waals surface area contributed by atoms with Crippen LogP contribution in [0.3, 0.4) is 0 Å². The van der Waals surface area contributed by atoms with Crippen molar-refractivity contribution in [2.45, 2.75) is 0 Å². The molecule has 0 atom stereocenters. The first kappa shape index (κ1) is 26.9. The maximum absolute atomic E-state index is 6.14. The topological polar surface area (TPSA) is 104 Å². The summed E-state index contributed by atoms with van der Waals surface area (Å²) in [5, 5.41) is 9.29. The molecule has 50 heavy (non-hydrogen) atoms. The lowest BCUT2D eigenvalue weighted by Crippen LogP contribution is -2.01. The third-order valence-electron chi connectivity index (χ3n) is 9.50. The van der Waals surface area contributed by atoms with Crippen LogP contribution in [0.4, 0.5) is 0 Å². The Morgan fingerprint density at radius 1 is 0.420 bits per heavy atom. The first-order valence-electron chi connectivity index (χ1n) is 16.3. The zero-order chi connectivity index (χ0) is 32.8. The molecule has 0 aliphatic carbocycles. The molecular formula is C42H22N6O2. The second-order valence-corrected chi connectivity index (χ2v) is 12.3. The van der Waals surface area contributed by atoms with Crippen molar-refractivity contribution in [2.75, 3.05) is 0 Å². The summed E-state index contributed by atoms with van der Waals surface area (Å²) in [7, 11) is 0. The summed E-state index contributed by atoms with van der Waals surface area (Å²) in [6.07, 6.45) is 5.40. The van der Waals surface area contributed by atoms with E-state index in [4.69, 9.17) is 28.8 Å². The summed E-state index contributed by atoms with van der Waals surface area (Å²) >= 11 is 0. The van der Waals surface area contributed by atoms with Crippen LogP contribution < -0.4 is 0 Å². The van der Waals surface area contributed by atoms with Gasteiger partial charge in [0.15, 0.2) is 17.5 Å². The van der Waals surface area contributed by atoms with Gasteiger partial charge >= 0.3 is 0 Å². The Bertz CT molecular complexity index is 3050. The van der Waals surface area contributed by atoms with Crippen LogP contribution in [0.5, 0.6) is 0 Å². The molecular weight excluding hydrogens is 621 g/mol. The van der Waals surface area contributed by atoms with Gasteiger partial charge in [-0.2, -0.15) is 0 Å². The molecule has 6 aromatic heterocycles. The monoisotopic (exact) mass is 642 g/mol. The number of furan rings is 2. The average Bonchev–Trinajstić information content (AvgIpc) is 3.76. The number of hydrogen-bond acceptors (Lipinski definition) is 8. The van der Waals surface area contributed by atoms with E-state index >= 15 is 0 Å². The summed E-state index contributed by atoms with van der Waals surface area (Å²) in [6.45, 7) is 0. The molecule has 0 radical (unpaired) electrons. The van der Waals surface area contributed by atoms with Crippen LogP contribution in [-0.4, -0.2) is 29.9 Å². The molecule has 11 aromatic rings. The molecule has 0 N–H and O–H groups in total. The lowest BCUT2D eigenvalue weighted by Gasteiger charge is -2.11. The first-order chi connectivity index (χ1) is 24.8. The predicted molar refractivity (Wildman–Crippen MR) is 197 cm³/mol. The smallest absolute Gasteiger partial charge is 0.228 e. The summed E-state index contributed by atoms with van der Waals surface area (Å²) in [5.74, 6) is 1.51. The average molecular weight is 643 g/mol. The standard InChI is InChI=1S/C42H22N6O2/c1-2-8-26-23(7-1)13-14-25-22-45-32-21-24(15-16-27(32)35(25)26)38-46-39(30-17-19-43-41-36(30)28-9-3-5-11-33(28)49-41)48-40(47-38)31-18-20-44-42-37(31)29-10-4-6-12-34(29)50-42/h1-22H. The van der Waals surface area contributed by atoms with E-state index in [1.54, 1.807) is 12.4 Å². The molecule has 0 aliphatic rings. The molecule has 232 valence electrons. The fraction of sp³-hybridized carbons (Fsp3) is 0. The molecule has 0 fully saturated rings. The summed E-state index contributed by atoms with van der Waals surface area (Å²) < 4.78 is 12.3. The lowest BCUT2D eigenvalue weighted by atomic mass is 9.98. The SMILES string of the molecule is c1ccc2c(c1)ccc1cnc3cc(-c4nc(-c5ccnc6oc7ccccc7c56)nc(-c5ccnc6oc7ccccc7c56)n4)ccc3c12. The van der Waals surface area contributed by atoms with Gasteiger partial charge in [0.05, 0.1) is 16.3 Å². The van der Waals surface area contributed by atoms with E-state index in [2.05, 4.69) is 64.6 Å². The van der Waals surface area contributed by atoms with Crippen molar-refractivity contribution in [3.8, 4) is 34.2 Å². The molecule has 0 aliphatic heterocycles. The molecule has 0 amide bonds. The molecule has 8 nitrogen and oxygen atoms in total. The van der Waals surface area contributed by atoms with Crippen LogP contribution in [0.1, 0.15) is 0 Å². The number of nitrogens with zero attached hydrogens (tertiary/aromatic N) is 6. The van der Waals surface area contributed by atoms with Crippen molar-refractivity contribution in [3.05, 3.63) is 134 Å². The van der Waals surface area contributed by atoms with E-state index in [0.29, 0.717) is 28.9 Å². The molecule has 0 bridgehead atoms. The van der Waals surface area contributed by atoms with Gasteiger partial charge in [0.2, 0.25) is 11.4 Å². The zero-order valence-electron chi connectivity index (χ0n) is 26.2. The molecule has 6 heterocycles. The molecule has 5 aromatic carbocycles. The van der Waals surface area contributed by atoms with Crippen molar-refractivity contribution in [1.82, 2.24) is 29.9 Å². The minimum absolute atomic E-state index is 0.499. The van der Waals surface area contributed by atoms with Gasteiger partial charge in [0.25, 0.3) is 0 Å². The van der Waals surface area contributed by atoms with Gasteiger partial charge in [-0.05, 0) is 41.1 Å². The maximum Gasteiger partial charge on any atom is 0.228 e. The highest BCUT2D eigenvalue weighted by Crippen LogP contribution is 2.39. The normalized spacial score (nSPS) is 12.0. The number of aromatic nitrogens is 6. The Labute approximate surface area is 282 Å². The van der Waals surface area contributed by atoms with Gasteiger partial charge in [-0.1, -0.05) is 84.9 Å². The van der Waals surface area contributed by atoms with E-state index in [1.807, 2.05) is 66.9 Å². The number of rotatable bonds is 3. The van der Waals surface area contributed by atoms with E-state index in [0.717, 1.165) is 65.7 Å². The number of para-hydroxylation sites is 2. The van der Waals surface area contributed by atoms with E-state index in [9.17, 15) is 0 Å². The number of hydrogen-bond donors (Lipinski definition) is 0. The number of benzene rings is 5. The van der Waals surface area contributed by atoms with Crippen LogP contribution in [0.15, 0.2) is 143 Å². The van der Waals surface area contributed by atoms with Gasteiger partial charge in [0, 0.05) is 62.2 Å². The van der Waals surface area contributed by atoms with Crippen molar-refractivity contribution in [3.63, 3.8) is 0 Å². The molecule has 0 saturated heterocycles. The van der Waals surface area contributed by atoms with Crippen molar-refractivity contribution < 1.29 is 8.83 Å². The molecule has 11 rings (SSSR count). The third-order valence-corrected chi connectivity index (χ3v) is 9.50. The Morgan fingerprint density at radius 2 is 1.00 bits per heavy atom. The molecule has 8 heteroatoms. The Kier molecular flexibility index (Phi) is 5.51. The zero-order valence-corrected chi connectivity index (χ0v) is 26.2. The van der Waals surface area contributed by atoms with Crippen LogP contribution in [-0.2, 0) is 0 Å². The fourth-order valence-corrected chi connectivity index (χ4v) is 7.24. The predicted octanol–water partition coefficient (Wildman–Crippen LogP) is 10.3. The highest BCUT2D eigenvalue weighted by atomic mass is 16.3. The van der Waals surface area contributed by atoms with Crippen LogP contribution >= 0.6 is 0 Å². The Hall–Kier alpha value is -7.06. The van der Waals surface area contributed by atoms with Crippen LogP contribution in [0.2, 0.25) is 0 Å². The lowest BCUT2D eigenvalue weighted by molar-refractivity contribution is 0.654. The van der Waals surface area contributed by atoms with Gasteiger partial charge in [-0.3, -0.25) is 4.98 Å². The summed E-state index contributed by atoms with van der Waals surface area (Å²) in [5.41, 5.74) is 5.80. The quantitative estimate of drug-likeness (QED) is 0.175. The van der Waals surface area contributed by atoms with E-state index in [-0.39, 0.29) is 0 Å². The summed E-state index contributed by atoms with van der Waals surface area (Å²) in [4.78, 5) is 29.4. The maximum atomic E-state index is 6.14. The number of fused-ring (bicyclic) bond motifs is 11.